The molecule has 0 aromatic heterocycles. The van der Waals surface area contributed by atoms with E-state index in [1.165, 1.54) is 24.1 Å². The van der Waals surface area contributed by atoms with Gasteiger partial charge in [-0.1, -0.05) is 12.1 Å². The molecule has 1 saturated carbocycles. The van der Waals surface area contributed by atoms with E-state index in [1.54, 1.807) is 12.1 Å². The molecule has 0 saturated heterocycles. The molecule has 9 nitrogen and oxygen atoms in total. The van der Waals surface area contributed by atoms with Gasteiger partial charge < -0.3 is 20.1 Å². The number of rotatable bonds is 8. The minimum atomic E-state index is -3.77. The Hall–Kier alpha value is -2.43. The summed E-state index contributed by atoms with van der Waals surface area (Å²) >= 11 is 0. The second-order valence-electron chi connectivity index (χ2n) is 6.31. The number of nitrogens with zero attached hydrogens (tertiary/aromatic N) is 1. The van der Waals surface area contributed by atoms with Crippen molar-refractivity contribution in [3.8, 4) is 0 Å². The average molecular weight is 395 g/mol. The van der Waals surface area contributed by atoms with Crippen molar-refractivity contribution in [3.63, 3.8) is 0 Å². The number of aliphatic hydroxyl groups is 1. The third-order valence-corrected chi connectivity index (χ3v) is 5.87. The first-order valence-corrected chi connectivity index (χ1v) is 9.95. The Morgan fingerprint density at radius 1 is 1.33 bits per heavy atom. The number of hydrogen-bond acceptors (Lipinski definition) is 7. The SMILES string of the molecule is COC(=O)C1=C(Nc2ccccc2S(=O)(=O)NC2CC2)C(=O)N(CCO)C1. The molecule has 1 aliphatic heterocycles. The average Bonchev–Trinajstić information content (AvgIpc) is 3.40. The molecule has 0 radical (unpaired) electrons. The molecule has 2 aliphatic rings. The summed E-state index contributed by atoms with van der Waals surface area (Å²) in [5, 5.41) is 11.9. The van der Waals surface area contributed by atoms with Gasteiger partial charge in [0, 0.05) is 12.6 Å². The molecule has 3 N–H and O–H groups in total. The summed E-state index contributed by atoms with van der Waals surface area (Å²) in [6, 6.07) is 6.08. The molecule has 1 amide bonds. The fourth-order valence-corrected chi connectivity index (χ4v) is 4.24. The van der Waals surface area contributed by atoms with Crippen molar-refractivity contribution < 1.29 is 27.9 Å². The highest BCUT2D eigenvalue weighted by Crippen LogP contribution is 2.29. The van der Waals surface area contributed by atoms with E-state index in [1.807, 2.05) is 0 Å². The van der Waals surface area contributed by atoms with E-state index in [0.717, 1.165) is 12.8 Å². The number of β-amino-alcohol motifs (C(OH)–C–C–N with tert-alkyl or cyclic N) is 1. The highest BCUT2D eigenvalue weighted by molar-refractivity contribution is 7.89. The van der Waals surface area contributed by atoms with E-state index in [2.05, 4.69) is 10.0 Å². The van der Waals surface area contributed by atoms with E-state index in [-0.39, 0.29) is 47.6 Å². The van der Waals surface area contributed by atoms with Crippen molar-refractivity contribution in [1.82, 2.24) is 9.62 Å². The van der Waals surface area contributed by atoms with Gasteiger partial charge in [-0.15, -0.1) is 0 Å². The lowest BCUT2D eigenvalue weighted by Gasteiger charge is -2.16. The molecule has 146 valence electrons. The number of benzene rings is 1. The van der Waals surface area contributed by atoms with Gasteiger partial charge in [0.2, 0.25) is 10.0 Å². The third kappa shape index (κ3) is 4.12. The monoisotopic (exact) mass is 395 g/mol. The number of carbonyl (C=O) groups is 2. The Morgan fingerprint density at radius 2 is 2.04 bits per heavy atom. The number of ether oxygens (including phenoxy) is 1. The van der Waals surface area contributed by atoms with Gasteiger partial charge in [0.25, 0.3) is 5.91 Å². The molecule has 0 spiro atoms. The van der Waals surface area contributed by atoms with Crippen LogP contribution in [0.3, 0.4) is 0 Å². The molecule has 10 heteroatoms. The standard InChI is InChI=1S/C17H21N3O6S/c1-26-17(23)12-10-20(8-9-21)16(22)15(12)18-13-4-2-3-5-14(13)27(24,25)19-11-6-7-11/h2-5,11,18-19,21H,6-10H2,1H3. The van der Waals surface area contributed by atoms with Crippen molar-refractivity contribution in [1.29, 1.82) is 0 Å². The van der Waals surface area contributed by atoms with Gasteiger partial charge in [-0.2, -0.15) is 0 Å². The smallest absolute Gasteiger partial charge is 0.337 e. The van der Waals surface area contributed by atoms with E-state index in [9.17, 15) is 18.0 Å². The summed E-state index contributed by atoms with van der Waals surface area (Å²) in [6.45, 7) is -0.235. The number of hydrogen-bond donors (Lipinski definition) is 3. The minimum absolute atomic E-state index is 0.0120. The lowest BCUT2D eigenvalue weighted by Crippen LogP contribution is -2.31. The normalized spacial score (nSPS) is 17.4. The van der Waals surface area contributed by atoms with Gasteiger partial charge in [0.15, 0.2) is 0 Å². The van der Waals surface area contributed by atoms with Crippen molar-refractivity contribution in [2.45, 2.75) is 23.8 Å². The Bertz CT molecular complexity index is 892. The predicted molar refractivity (Wildman–Crippen MR) is 96.1 cm³/mol. The number of anilines is 1. The molecule has 1 fully saturated rings. The Morgan fingerprint density at radius 3 is 2.67 bits per heavy atom. The molecule has 1 heterocycles. The van der Waals surface area contributed by atoms with Crippen LogP contribution < -0.4 is 10.0 Å². The molecular formula is C17H21N3O6S. The van der Waals surface area contributed by atoms with Crippen LogP contribution in [0.5, 0.6) is 0 Å². The Labute approximate surface area is 157 Å². The molecule has 0 atom stereocenters. The molecule has 0 unspecified atom stereocenters. The van der Waals surface area contributed by atoms with Gasteiger partial charge in [0.1, 0.15) is 10.6 Å². The number of methoxy groups -OCH3 is 1. The molecule has 1 aromatic carbocycles. The van der Waals surface area contributed by atoms with Crippen LogP contribution in [0, 0.1) is 0 Å². The topological polar surface area (TPSA) is 125 Å². The van der Waals surface area contributed by atoms with E-state index in [4.69, 9.17) is 9.84 Å². The number of aliphatic hydroxyl groups excluding tert-OH is 1. The van der Waals surface area contributed by atoms with Crippen LogP contribution in [0.1, 0.15) is 12.8 Å². The van der Waals surface area contributed by atoms with E-state index < -0.39 is 21.9 Å². The zero-order chi connectivity index (χ0) is 19.6. The van der Waals surface area contributed by atoms with Crippen molar-refractivity contribution in [3.05, 3.63) is 35.5 Å². The summed E-state index contributed by atoms with van der Waals surface area (Å²) in [5.74, 6) is -1.20. The maximum atomic E-state index is 12.6. The van der Waals surface area contributed by atoms with Crippen LogP contribution in [0.4, 0.5) is 5.69 Å². The van der Waals surface area contributed by atoms with E-state index >= 15 is 0 Å². The maximum Gasteiger partial charge on any atom is 0.337 e. The Balaban J connectivity index is 1.95. The molecule has 27 heavy (non-hydrogen) atoms. The quantitative estimate of drug-likeness (QED) is 0.521. The number of carbonyl (C=O) groups excluding carboxylic acids is 2. The van der Waals surface area contributed by atoms with Crippen LogP contribution >= 0.6 is 0 Å². The van der Waals surface area contributed by atoms with Crippen LogP contribution in [0.25, 0.3) is 0 Å². The lowest BCUT2D eigenvalue weighted by molar-refractivity contribution is -0.136. The largest absolute Gasteiger partial charge is 0.466 e. The van der Waals surface area contributed by atoms with E-state index in [0.29, 0.717) is 0 Å². The van der Waals surface area contributed by atoms with Crippen LogP contribution in [-0.4, -0.2) is 63.1 Å². The fraction of sp³-hybridized carbons (Fsp3) is 0.412. The zero-order valence-electron chi connectivity index (χ0n) is 14.8. The fourth-order valence-electron chi connectivity index (χ4n) is 2.77. The van der Waals surface area contributed by atoms with Crippen LogP contribution in [-0.2, 0) is 24.3 Å². The molecular weight excluding hydrogens is 374 g/mol. The van der Waals surface area contributed by atoms with Crippen molar-refractivity contribution in [2.75, 3.05) is 32.1 Å². The van der Waals surface area contributed by atoms with Gasteiger partial charge in [-0.05, 0) is 25.0 Å². The van der Waals surface area contributed by atoms with Gasteiger partial charge in [-0.3, -0.25) is 4.79 Å². The first-order chi connectivity index (χ1) is 12.9. The maximum absolute atomic E-state index is 12.6. The number of amides is 1. The summed E-state index contributed by atoms with van der Waals surface area (Å²) in [7, 11) is -2.57. The summed E-state index contributed by atoms with van der Waals surface area (Å²) in [6.07, 6.45) is 1.59. The Kier molecular flexibility index (Phi) is 5.49. The minimum Gasteiger partial charge on any atom is -0.466 e. The van der Waals surface area contributed by atoms with Crippen molar-refractivity contribution >= 4 is 27.6 Å². The van der Waals surface area contributed by atoms with Crippen LogP contribution in [0.2, 0.25) is 0 Å². The summed E-state index contributed by atoms with van der Waals surface area (Å²) in [5.41, 5.74) is 0.212. The predicted octanol–water partition coefficient (Wildman–Crippen LogP) is -0.199. The number of nitrogens with one attached hydrogen (secondary N) is 2. The zero-order valence-corrected chi connectivity index (χ0v) is 15.6. The highest BCUT2D eigenvalue weighted by atomic mass is 32.2. The van der Waals surface area contributed by atoms with Gasteiger partial charge in [-0.25, -0.2) is 17.9 Å². The number of esters is 1. The second-order valence-corrected chi connectivity index (χ2v) is 7.99. The van der Waals surface area contributed by atoms with Crippen molar-refractivity contribution in [2.24, 2.45) is 0 Å². The molecule has 1 aromatic rings. The van der Waals surface area contributed by atoms with Gasteiger partial charge >= 0.3 is 5.97 Å². The highest BCUT2D eigenvalue weighted by Gasteiger charge is 2.35. The van der Waals surface area contributed by atoms with Crippen LogP contribution in [0.15, 0.2) is 40.4 Å². The molecule has 1 aliphatic carbocycles. The first-order valence-electron chi connectivity index (χ1n) is 8.47. The first kappa shape index (κ1) is 19.3. The third-order valence-electron chi connectivity index (χ3n) is 4.29. The lowest BCUT2D eigenvalue weighted by atomic mass is 10.2. The summed E-state index contributed by atoms with van der Waals surface area (Å²) < 4.78 is 32.5. The number of sulfonamides is 1. The molecule has 3 rings (SSSR count). The molecule has 0 bridgehead atoms. The second kappa shape index (κ2) is 7.67. The summed E-state index contributed by atoms with van der Waals surface area (Å²) in [4.78, 5) is 25.9. The van der Waals surface area contributed by atoms with Gasteiger partial charge in [0.05, 0.1) is 31.5 Å². The number of para-hydroxylation sites is 1.